The summed E-state index contributed by atoms with van der Waals surface area (Å²) in [4.78, 5) is 27.5. The Balaban J connectivity index is 1.46. The number of halogens is 2. The van der Waals surface area contributed by atoms with E-state index in [0.29, 0.717) is 52.6 Å². The molecule has 0 spiro atoms. The molecular formula is C19H20Cl2N6O2. The van der Waals surface area contributed by atoms with Crippen molar-refractivity contribution in [3.63, 3.8) is 0 Å². The maximum absolute atomic E-state index is 12.3. The minimum atomic E-state index is -0.205. The third kappa shape index (κ3) is 6.15. The zero-order chi connectivity index (χ0) is 20.6. The first-order valence-corrected chi connectivity index (χ1v) is 9.72. The van der Waals surface area contributed by atoms with E-state index in [1.165, 1.54) is 6.20 Å². The second-order valence-corrected chi connectivity index (χ2v) is 7.11. The topological polar surface area (TPSA) is 116 Å². The smallest absolute Gasteiger partial charge is 0.255 e. The molecule has 0 aromatic carbocycles. The molecule has 0 saturated carbocycles. The molecule has 0 radical (unpaired) electrons. The maximum Gasteiger partial charge on any atom is 0.255 e. The van der Waals surface area contributed by atoms with Gasteiger partial charge in [0.05, 0.1) is 22.3 Å². The number of hydrogen-bond acceptors (Lipinski definition) is 7. The Hall–Kier alpha value is -2.68. The first-order valence-electron chi connectivity index (χ1n) is 8.97. The van der Waals surface area contributed by atoms with Gasteiger partial charge in [0.25, 0.3) is 5.56 Å². The van der Waals surface area contributed by atoms with Gasteiger partial charge in [-0.05, 0) is 24.1 Å². The Labute approximate surface area is 177 Å². The van der Waals surface area contributed by atoms with Gasteiger partial charge in [-0.25, -0.2) is 9.97 Å². The highest BCUT2D eigenvalue weighted by Crippen LogP contribution is 2.22. The molecule has 10 heteroatoms. The molecule has 0 atom stereocenters. The third-order valence-electron chi connectivity index (χ3n) is 4.06. The Morgan fingerprint density at radius 1 is 1.03 bits per heavy atom. The lowest BCUT2D eigenvalue weighted by Gasteiger charge is -2.09. The number of aromatic nitrogens is 4. The third-order valence-corrected chi connectivity index (χ3v) is 4.56. The second-order valence-electron chi connectivity index (χ2n) is 6.27. The number of nitrogens with one attached hydrogen (secondary N) is 3. The summed E-state index contributed by atoms with van der Waals surface area (Å²) in [5, 5.41) is 16.2. The standard InChI is InChI=1S/C19H20Cl2N6O2/c20-14-7-16(21)17(25-10-14)22-4-1-5-23-19-26-9-13(18(29)27-19)6-12-2-3-15(11-28)24-8-12/h2-3,7-10,28H,1,4-6,11H2,(H,22,25)(H2,23,26,27,29). The zero-order valence-electron chi connectivity index (χ0n) is 15.5. The molecule has 0 amide bonds. The summed E-state index contributed by atoms with van der Waals surface area (Å²) in [6.07, 6.45) is 5.90. The Morgan fingerprint density at radius 2 is 1.86 bits per heavy atom. The molecule has 0 fully saturated rings. The van der Waals surface area contributed by atoms with E-state index in [1.54, 1.807) is 24.5 Å². The summed E-state index contributed by atoms with van der Waals surface area (Å²) in [7, 11) is 0. The highest BCUT2D eigenvalue weighted by Gasteiger charge is 2.05. The molecule has 3 heterocycles. The molecule has 152 valence electrons. The summed E-state index contributed by atoms with van der Waals surface area (Å²) in [5.41, 5.74) is 1.79. The van der Waals surface area contributed by atoms with E-state index >= 15 is 0 Å². The average Bonchev–Trinajstić information content (AvgIpc) is 2.71. The van der Waals surface area contributed by atoms with Crippen molar-refractivity contribution in [3.05, 3.63) is 74.0 Å². The number of aromatic amines is 1. The summed E-state index contributed by atoms with van der Waals surface area (Å²) >= 11 is 11.9. The van der Waals surface area contributed by atoms with Crippen molar-refractivity contribution in [2.24, 2.45) is 0 Å². The van der Waals surface area contributed by atoms with Crippen LogP contribution in [0.3, 0.4) is 0 Å². The Bertz CT molecular complexity index is 1010. The number of aliphatic hydroxyl groups excluding tert-OH is 1. The number of rotatable bonds is 9. The van der Waals surface area contributed by atoms with Crippen LogP contribution in [0.2, 0.25) is 10.0 Å². The molecule has 0 aliphatic carbocycles. The number of H-pyrrole nitrogens is 1. The van der Waals surface area contributed by atoms with Gasteiger partial charge in [0, 0.05) is 43.7 Å². The van der Waals surface area contributed by atoms with Crippen LogP contribution in [-0.4, -0.2) is 38.1 Å². The van der Waals surface area contributed by atoms with Gasteiger partial charge in [0.2, 0.25) is 5.95 Å². The maximum atomic E-state index is 12.3. The fourth-order valence-corrected chi connectivity index (χ4v) is 3.00. The van der Waals surface area contributed by atoms with E-state index in [4.69, 9.17) is 28.3 Å². The number of hydrogen-bond donors (Lipinski definition) is 4. The van der Waals surface area contributed by atoms with Gasteiger partial charge < -0.3 is 15.7 Å². The predicted molar refractivity (Wildman–Crippen MR) is 114 cm³/mol. The van der Waals surface area contributed by atoms with Crippen molar-refractivity contribution in [1.29, 1.82) is 0 Å². The zero-order valence-corrected chi connectivity index (χ0v) is 17.0. The first kappa shape index (κ1) is 21.0. The second kappa shape index (κ2) is 10.2. The normalized spacial score (nSPS) is 10.7. The van der Waals surface area contributed by atoms with Gasteiger partial charge in [-0.15, -0.1) is 0 Å². The lowest BCUT2D eigenvalue weighted by Crippen LogP contribution is -2.18. The molecule has 3 aromatic rings. The number of anilines is 2. The van der Waals surface area contributed by atoms with Crippen molar-refractivity contribution in [2.75, 3.05) is 23.7 Å². The predicted octanol–water partition coefficient (Wildman–Crippen LogP) is 2.86. The van der Waals surface area contributed by atoms with Crippen molar-refractivity contribution in [1.82, 2.24) is 19.9 Å². The fourth-order valence-electron chi connectivity index (χ4n) is 2.56. The van der Waals surface area contributed by atoms with E-state index in [2.05, 4.69) is 30.6 Å². The van der Waals surface area contributed by atoms with Gasteiger partial charge in [0.1, 0.15) is 5.82 Å². The van der Waals surface area contributed by atoms with Crippen LogP contribution in [0.15, 0.2) is 41.6 Å². The van der Waals surface area contributed by atoms with Gasteiger partial charge in [0.15, 0.2) is 0 Å². The van der Waals surface area contributed by atoms with Crippen LogP contribution < -0.4 is 16.2 Å². The first-order chi connectivity index (χ1) is 14.0. The summed E-state index contributed by atoms with van der Waals surface area (Å²) in [5.74, 6) is 0.989. The molecule has 3 aromatic heterocycles. The quantitative estimate of drug-likeness (QED) is 0.382. The summed E-state index contributed by atoms with van der Waals surface area (Å²) < 4.78 is 0. The van der Waals surface area contributed by atoms with Gasteiger partial charge in [-0.1, -0.05) is 29.3 Å². The lowest BCUT2D eigenvalue weighted by molar-refractivity contribution is 0.277. The van der Waals surface area contributed by atoms with Crippen LogP contribution in [0, 0.1) is 0 Å². The highest BCUT2D eigenvalue weighted by molar-refractivity contribution is 6.35. The molecule has 0 bridgehead atoms. The number of nitrogens with zero attached hydrogens (tertiary/aromatic N) is 3. The molecule has 3 rings (SSSR count). The van der Waals surface area contributed by atoms with Crippen LogP contribution in [0.25, 0.3) is 0 Å². The van der Waals surface area contributed by atoms with Crippen LogP contribution in [-0.2, 0) is 13.0 Å². The Morgan fingerprint density at radius 3 is 2.55 bits per heavy atom. The Kier molecular flexibility index (Phi) is 7.40. The van der Waals surface area contributed by atoms with Gasteiger partial charge in [-0.3, -0.25) is 14.8 Å². The van der Waals surface area contributed by atoms with Crippen LogP contribution in [0.4, 0.5) is 11.8 Å². The van der Waals surface area contributed by atoms with Gasteiger partial charge in [-0.2, -0.15) is 0 Å². The van der Waals surface area contributed by atoms with E-state index in [0.717, 1.165) is 12.0 Å². The molecule has 0 unspecified atom stereocenters. The van der Waals surface area contributed by atoms with Crippen molar-refractivity contribution in [2.45, 2.75) is 19.4 Å². The van der Waals surface area contributed by atoms with Crippen molar-refractivity contribution in [3.8, 4) is 0 Å². The number of aliphatic hydroxyl groups is 1. The fraction of sp³-hybridized carbons (Fsp3) is 0.263. The van der Waals surface area contributed by atoms with E-state index in [1.807, 2.05) is 6.07 Å². The molecule has 0 aliphatic rings. The molecule has 0 aliphatic heterocycles. The van der Waals surface area contributed by atoms with E-state index < -0.39 is 0 Å². The van der Waals surface area contributed by atoms with Crippen LogP contribution >= 0.6 is 23.2 Å². The molecule has 4 N–H and O–H groups in total. The molecule has 8 nitrogen and oxygen atoms in total. The summed E-state index contributed by atoms with van der Waals surface area (Å²) in [6, 6.07) is 5.19. The van der Waals surface area contributed by atoms with Crippen LogP contribution in [0.5, 0.6) is 0 Å². The van der Waals surface area contributed by atoms with Crippen molar-refractivity contribution < 1.29 is 5.11 Å². The highest BCUT2D eigenvalue weighted by atomic mass is 35.5. The minimum absolute atomic E-state index is 0.110. The van der Waals surface area contributed by atoms with E-state index in [-0.39, 0.29) is 12.2 Å². The van der Waals surface area contributed by atoms with Crippen molar-refractivity contribution >= 4 is 35.0 Å². The van der Waals surface area contributed by atoms with Crippen LogP contribution in [0.1, 0.15) is 23.2 Å². The molecule has 0 saturated heterocycles. The van der Waals surface area contributed by atoms with Gasteiger partial charge >= 0.3 is 0 Å². The summed E-state index contributed by atoms with van der Waals surface area (Å²) in [6.45, 7) is 1.13. The SMILES string of the molecule is O=c1[nH]c(NCCCNc2ncc(Cl)cc2Cl)ncc1Cc1ccc(CO)nc1. The monoisotopic (exact) mass is 434 g/mol. The molecular weight excluding hydrogens is 415 g/mol. The molecule has 29 heavy (non-hydrogen) atoms. The minimum Gasteiger partial charge on any atom is -0.390 e. The largest absolute Gasteiger partial charge is 0.390 e. The van der Waals surface area contributed by atoms with E-state index in [9.17, 15) is 4.79 Å². The number of pyridine rings is 2. The lowest BCUT2D eigenvalue weighted by atomic mass is 10.1. The average molecular weight is 435 g/mol.